The highest BCUT2D eigenvalue weighted by atomic mass is 32.2. The number of nitrogens with zero attached hydrogens (tertiary/aromatic N) is 4. The van der Waals surface area contributed by atoms with Crippen molar-refractivity contribution in [2.24, 2.45) is 0 Å². The lowest BCUT2D eigenvalue weighted by Gasteiger charge is -2.34. The van der Waals surface area contributed by atoms with Crippen molar-refractivity contribution in [1.29, 1.82) is 0 Å². The molecule has 0 bridgehead atoms. The van der Waals surface area contributed by atoms with E-state index in [9.17, 15) is 8.42 Å². The topological polar surface area (TPSA) is 76.1 Å². The van der Waals surface area contributed by atoms with Crippen molar-refractivity contribution >= 4 is 32.8 Å². The Bertz CT molecular complexity index is 956. The fourth-order valence-corrected chi connectivity index (χ4v) is 5.38. The highest BCUT2D eigenvalue weighted by Crippen LogP contribution is 2.35. The Balaban J connectivity index is 1.75. The van der Waals surface area contributed by atoms with E-state index >= 15 is 0 Å². The minimum absolute atomic E-state index is 0.165. The second-order valence-electron chi connectivity index (χ2n) is 5.83. The van der Waals surface area contributed by atoms with Gasteiger partial charge < -0.3 is 0 Å². The van der Waals surface area contributed by atoms with Crippen LogP contribution in [-0.2, 0) is 10.0 Å². The molecule has 0 amide bonds. The molecule has 1 aliphatic rings. The van der Waals surface area contributed by atoms with Crippen LogP contribution in [0.5, 0.6) is 0 Å². The standard InChI is InChI=1S/C16H16N4O2S2/c21-24(22,13-6-7-14-15(10-13)19-23-18-14)20-9-2-1-5-16(20)12-4-3-8-17-11-12/h3-4,6-8,10-11,16H,1-2,5,9H2/t16-/m1/s1. The molecule has 3 heterocycles. The van der Waals surface area contributed by atoms with E-state index in [1.54, 1.807) is 34.9 Å². The van der Waals surface area contributed by atoms with E-state index in [-0.39, 0.29) is 10.9 Å². The molecule has 1 aliphatic heterocycles. The first kappa shape index (κ1) is 15.6. The molecule has 0 radical (unpaired) electrons. The molecule has 0 unspecified atom stereocenters. The molecular weight excluding hydrogens is 344 g/mol. The number of piperidine rings is 1. The Morgan fingerprint density at radius 3 is 2.83 bits per heavy atom. The Morgan fingerprint density at radius 1 is 1.12 bits per heavy atom. The van der Waals surface area contributed by atoms with Crippen molar-refractivity contribution in [2.45, 2.75) is 30.2 Å². The van der Waals surface area contributed by atoms with E-state index in [4.69, 9.17) is 0 Å². The summed E-state index contributed by atoms with van der Waals surface area (Å²) in [7, 11) is -3.59. The van der Waals surface area contributed by atoms with Gasteiger partial charge >= 0.3 is 0 Å². The highest BCUT2D eigenvalue weighted by molar-refractivity contribution is 7.89. The quantitative estimate of drug-likeness (QED) is 0.718. The first-order chi connectivity index (χ1) is 11.7. The third-order valence-corrected chi connectivity index (χ3v) is 6.82. The first-order valence-corrected chi connectivity index (χ1v) is 9.97. The van der Waals surface area contributed by atoms with E-state index < -0.39 is 10.0 Å². The molecule has 1 atom stereocenters. The van der Waals surface area contributed by atoms with Crippen LogP contribution < -0.4 is 0 Å². The average molecular weight is 360 g/mol. The molecule has 124 valence electrons. The van der Waals surface area contributed by atoms with Gasteiger partial charge in [-0.1, -0.05) is 12.5 Å². The van der Waals surface area contributed by atoms with Crippen LogP contribution in [0.15, 0.2) is 47.6 Å². The van der Waals surface area contributed by atoms with Crippen molar-refractivity contribution in [1.82, 2.24) is 18.0 Å². The summed E-state index contributed by atoms with van der Waals surface area (Å²) in [5.74, 6) is 0. The second kappa shape index (κ2) is 6.19. The number of hydrogen-bond acceptors (Lipinski definition) is 6. The maximum Gasteiger partial charge on any atom is 0.243 e. The summed E-state index contributed by atoms with van der Waals surface area (Å²) in [6.45, 7) is 0.523. The van der Waals surface area contributed by atoms with E-state index in [1.807, 2.05) is 12.1 Å². The molecule has 8 heteroatoms. The van der Waals surface area contributed by atoms with Gasteiger partial charge in [0.2, 0.25) is 10.0 Å². The SMILES string of the molecule is O=S(=O)(c1ccc2nsnc2c1)N1CCCC[C@@H]1c1cccnc1. The van der Waals surface area contributed by atoms with Gasteiger partial charge in [0, 0.05) is 18.9 Å². The largest absolute Gasteiger partial charge is 0.264 e. The summed E-state index contributed by atoms with van der Waals surface area (Å²) < 4.78 is 36.3. The molecule has 1 saturated heterocycles. The van der Waals surface area contributed by atoms with Crippen LogP contribution in [0, 0.1) is 0 Å². The molecule has 0 spiro atoms. The van der Waals surface area contributed by atoms with Gasteiger partial charge in [-0.15, -0.1) is 0 Å². The minimum Gasteiger partial charge on any atom is -0.264 e. The van der Waals surface area contributed by atoms with Crippen LogP contribution in [0.3, 0.4) is 0 Å². The summed E-state index contributed by atoms with van der Waals surface area (Å²) in [5.41, 5.74) is 2.29. The predicted octanol–water partition coefficient (Wildman–Crippen LogP) is 3.00. The van der Waals surface area contributed by atoms with Crippen LogP contribution >= 0.6 is 11.7 Å². The fraction of sp³-hybridized carbons (Fsp3) is 0.312. The zero-order chi connectivity index (χ0) is 16.6. The van der Waals surface area contributed by atoms with Gasteiger partial charge in [0.1, 0.15) is 11.0 Å². The number of rotatable bonds is 3. The molecule has 4 rings (SSSR count). The van der Waals surface area contributed by atoms with Crippen LogP contribution in [0.4, 0.5) is 0 Å². The summed E-state index contributed by atoms with van der Waals surface area (Å²) in [4.78, 5) is 4.42. The lowest BCUT2D eigenvalue weighted by Crippen LogP contribution is -2.38. The molecule has 0 saturated carbocycles. The van der Waals surface area contributed by atoms with Crippen molar-refractivity contribution in [3.8, 4) is 0 Å². The Morgan fingerprint density at radius 2 is 2.00 bits per heavy atom. The monoisotopic (exact) mass is 360 g/mol. The van der Waals surface area contributed by atoms with Gasteiger partial charge in [-0.2, -0.15) is 13.1 Å². The average Bonchev–Trinajstić information content (AvgIpc) is 3.10. The molecule has 6 nitrogen and oxygen atoms in total. The van der Waals surface area contributed by atoms with Crippen LogP contribution in [0.1, 0.15) is 30.9 Å². The van der Waals surface area contributed by atoms with Gasteiger partial charge in [-0.25, -0.2) is 8.42 Å². The highest BCUT2D eigenvalue weighted by Gasteiger charge is 2.34. The summed E-state index contributed by atoms with van der Waals surface area (Å²) >= 11 is 1.09. The second-order valence-corrected chi connectivity index (χ2v) is 8.25. The van der Waals surface area contributed by atoms with Crippen molar-refractivity contribution in [3.63, 3.8) is 0 Å². The third kappa shape index (κ3) is 2.70. The zero-order valence-electron chi connectivity index (χ0n) is 12.9. The van der Waals surface area contributed by atoms with Crippen LogP contribution in [-0.4, -0.2) is 33.0 Å². The number of hydrogen-bond donors (Lipinski definition) is 0. The maximum atomic E-state index is 13.2. The van der Waals surface area contributed by atoms with Crippen LogP contribution in [0.25, 0.3) is 11.0 Å². The molecule has 24 heavy (non-hydrogen) atoms. The van der Waals surface area contributed by atoms with Crippen molar-refractivity contribution < 1.29 is 8.42 Å². The number of pyridine rings is 1. The van der Waals surface area contributed by atoms with E-state index in [2.05, 4.69) is 13.7 Å². The molecule has 0 N–H and O–H groups in total. The summed E-state index contributed by atoms with van der Waals surface area (Å²) in [5, 5.41) is 0. The lowest BCUT2D eigenvalue weighted by molar-refractivity contribution is 0.255. The van der Waals surface area contributed by atoms with Crippen LogP contribution in [0.2, 0.25) is 0 Å². The van der Waals surface area contributed by atoms with Gasteiger partial charge in [-0.3, -0.25) is 4.98 Å². The van der Waals surface area contributed by atoms with Gasteiger partial charge in [0.15, 0.2) is 0 Å². The van der Waals surface area contributed by atoms with E-state index in [0.29, 0.717) is 12.1 Å². The number of benzene rings is 1. The van der Waals surface area contributed by atoms with Crippen molar-refractivity contribution in [3.05, 3.63) is 48.3 Å². The maximum absolute atomic E-state index is 13.2. The fourth-order valence-electron chi connectivity index (χ4n) is 3.16. The number of fused-ring (bicyclic) bond motifs is 1. The normalized spacial score (nSPS) is 19.6. The summed E-state index contributed by atoms with van der Waals surface area (Å²) in [6, 6.07) is 8.58. The van der Waals surface area contributed by atoms with Crippen molar-refractivity contribution in [2.75, 3.05) is 6.54 Å². The smallest absolute Gasteiger partial charge is 0.243 e. The molecule has 1 fully saturated rings. The lowest BCUT2D eigenvalue weighted by atomic mass is 9.99. The molecule has 1 aromatic carbocycles. The van der Waals surface area contributed by atoms with E-state index in [1.165, 1.54) is 0 Å². The molecule has 0 aliphatic carbocycles. The van der Waals surface area contributed by atoms with Gasteiger partial charge in [0.05, 0.1) is 22.7 Å². The predicted molar refractivity (Wildman–Crippen MR) is 92.1 cm³/mol. The summed E-state index contributed by atoms with van der Waals surface area (Å²) in [6.07, 6.45) is 6.16. The Kier molecular flexibility index (Phi) is 4.03. The molecule has 3 aromatic rings. The number of aromatic nitrogens is 3. The Hall–Kier alpha value is -1.90. The molecular formula is C16H16N4O2S2. The first-order valence-electron chi connectivity index (χ1n) is 7.80. The van der Waals surface area contributed by atoms with Gasteiger partial charge in [0.25, 0.3) is 0 Å². The Labute approximate surface area is 144 Å². The zero-order valence-corrected chi connectivity index (χ0v) is 14.5. The number of sulfonamides is 1. The minimum atomic E-state index is -3.59. The molecule has 2 aromatic heterocycles. The third-order valence-electron chi connectivity index (χ3n) is 4.35. The van der Waals surface area contributed by atoms with E-state index in [0.717, 1.165) is 42.1 Å². The van der Waals surface area contributed by atoms with Gasteiger partial charge in [-0.05, 0) is 42.7 Å².